The molecule has 6 heteroatoms. The van der Waals surface area contributed by atoms with Crippen LogP contribution in [0.2, 0.25) is 0 Å². The Morgan fingerprint density at radius 1 is 1.25 bits per heavy atom. The monoisotopic (exact) mass is 383 g/mol. The van der Waals surface area contributed by atoms with Crippen molar-refractivity contribution in [1.29, 1.82) is 0 Å². The molecule has 1 spiro atoms. The summed E-state index contributed by atoms with van der Waals surface area (Å²) in [5.41, 5.74) is 11.6. The highest BCUT2D eigenvalue weighted by atomic mass is 16.5. The molecule has 1 aliphatic heterocycles. The van der Waals surface area contributed by atoms with Gasteiger partial charge in [0.2, 0.25) is 5.55 Å². The van der Waals surface area contributed by atoms with Gasteiger partial charge in [-0.15, -0.1) is 5.10 Å². The maximum Gasteiger partial charge on any atom is 0.257 e. The first-order valence-electron chi connectivity index (χ1n) is 10.4. The first kappa shape index (κ1) is 19.0. The lowest BCUT2D eigenvalue weighted by Gasteiger charge is -2.41. The highest BCUT2D eigenvalue weighted by Gasteiger charge is 2.37. The third-order valence-electron chi connectivity index (χ3n) is 6.14. The number of nitrogens with zero attached hydrogens (tertiary/aromatic N) is 1. The van der Waals surface area contributed by atoms with Gasteiger partial charge < -0.3 is 14.9 Å². The SMILES string of the molecule is CCC(N)C(=O)NN=c1cc(C)c2cc3c(cc2o1)OC1(CCCCC1)CC3. The Bertz CT molecular complexity index is 957. The smallest absolute Gasteiger partial charge is 0.257 e. The third kappa shape index (κ3) is 3.65. The van der Waals surface area contributed by atoms with Crippen LogP contribution in [0.15, 0.2) is 27.7 Å². The molecule has 6 nitrogen and oxygen atoms in total. The Morgan fingerprint density at radius 3 is 2.79 bits per heavy atom. The summed E-state index contributed by atoms with van der Waals surface area (Å²) in [6.07, 6.45) is 8.77. The van der Waals surface area contributed by atoms with Gasteiger partial charge in [0.1, 0.15) is 16.9 Å². The van der Waals surface area contributed by atoms with Gasteiger partial charge in [0.05, 0.1) is 6.04 Å². The summed E-state index contributed by atoms with van der Waals surface area (Å²) < 4.78 is 12.5. The van der Waals surface area contributed by atoms with E-state index >= 15 is 0 Å². The van der Waals surface area contributed by atoms with Crippen LogP contribution < -0.4 is 21.5 Å². The van der Waals surface area contributed by atoms with Crippen molar-refractivity contribution in [3.05, 3.63) is 34.9 Å². The Hall–Kier alpha value is -2.34. The molecule has 1 atom stereocenters. The van der Waals surface area contributed by atoms with E-state index in [0.717, 1.165) is 48.0 Å². The largest absolute Gasteiger partial charge is 0.487 e. The average Bonchev–Trinajstić information content (AvgIpc) is 2.70. The van der Waals surface area contributed by atoms with E-state index in [2.05, 4.69) is 16.6 Å². The van der Waals surface area contributed by atoms with E-state index in [9.17, 15) is 4.79 Å². The van der Waals surface area contributed by atoms with Crippen LogP contribution >= 0.6 is 0 Å². The van der Waals surface area contributed by atoms with Crippen molar-refractivity contribution in [3.63, 3.8) is 0 Å². The van der Waals surface area contributed by atoms with Crippen LogP contribution in [-0.2, 0) is 11.2 Å². The van der Waals surface area contributed by atoms with Crippen LogP contribution in [0.25, 0.3) is 11.0 Å². The van der Waals surface area contributed by atoms with Crippen molar-refractivity contribution in [3.8, 4) is 5.75 Å². The molecule has 0 bridgehead atoms. The number of aryl methyl sites for hydroxylation is 2. The summed E-state index contributed by atoms with van der Waals surface area (Å²) in [6, 6.07) is 5.43. The standard InChI is InChI=1S/C22H29N3O3/c1-3-17(23)21(26)25-24-20-11-14(2)16-12-15-7-10-22(8-5-4-6-9-22)28-18(15)13-19(16)27-20/h11-13,17H,3-10,23H2,1-2H3,(H,25,26). The van der Waals surface area contributed by atoms with Gasteiger partial charge in [-0.3, -0.25) is 4.79 Å². The topological polar surface area (TPSA) is 89.9 Å². The fourth-order valence-corrected chi connectivity index (χ4v) is 4.32. The molecule has 1 amide bonds. The normalized spacial score (nSPS) is 19.9. The summed E-state index contributed by atoms with van der Waals surface area (Å²) in [4.78, 5) is 11.9. The minimum atomic E-state index is -0.572. The molecule has 3 N–H and O–H groups in total. The Labute approximate surface area is 165 Å². The highest BCUT2D eigenvalue weighted by Crippen LogP contribution is 2.43. The third-order valence-corrected chi connectivity index (χ3v) is 6.14. The second-order valence-electron chi connectivity index (χ2n) is 8.17. The van der Waals surface area contributed by atoms with Gasteiger partial charge in [-0.1, -0.05) is 13.3 Å². The van der Waals surface area contributed by atoms with E-state index < -0.39 is 6.04 Å². The van der Waals surface area contributed by atoms with Gasteiger partial charge in [0.25, 0.3) is 5.91 Å². The van der Waals surface area contributed by atoms with E-state index in [1.807, 2.05) is 26.0 Å². The lowest BCUT2D eigenvalue weighted by Crippen LogP contribution is -2.41. The first-order chi connectivity index (χ1) is 13.5. The molecule has 1 fully saturated rings. The summed E-state index contributed by atoms with van der Waals surface area (Å²) in [5, 5.41) is 5.15. The molecule has 1 aromatic heterocycles. The molecule has 2 aromatic rings. The second-order valence-corrected chi connectivity index (χ2v) is 8.17. The number of nitrogens with two attached hydrogens (primary N) is 1. The predicted octanol–water partition coefficient (Wildman–Crippen LogP) is 3.44. The van der Waals surface area contributed by atoms with Crippen molar-refractivity contribution >= 4 is 16.9 Å². The predicted molar refractivity (Wildman–Crippen MR) is 108 cm³/mol. The number of amides is 1. The molecule has 1 aliphatic carbocycles. The van der Waals surface area contributed by atoms with E-state index in [0.29, 0.717) is 12.0 Å². The zero-order valence-electron chi connectivity index (χ0n) is 16.7. The van der Waals surface area contributed by atoms with Gasteiger partial charge in [-0.05, 0) is 69.1 Å². The van der Waals surface area contributed by atoms with Crippen molar-refractivity contribution in [2.75, 3.05) is 0 Å². The van der Waals surface area contributed by atoms with Crippen LogP contribution in [-0.4, -0.2) is 17.6 Å². The minimum Gasteiger partial charge on any atom is -0.487 e. The van der Waals surface area contributed by atoms with Crippen molar-refractivity contribution in [1.82, 2.24) is 5.43 Å². The van der Waals surface area contributed by atoms with Gasteiger partial charge in [0.15, 0.2) is 0 Å². The Morgan fingerprint density at radius 2 is 2.04 bits per heavy atom. The van der Waals surface area contributed by atoms with Crippen LogP contribution in [0.5, 0.6) is 5.75 Å². The number of ether oxygens (including phenoxy) is 1. The molecule has 1 aromatic carbocycles. The summed E-state index contributed by atoms with van der Waals surface area (Å²) in [5.74, 6) is 0.612. The average molecular weight is 383 g/mol. The van der Waals surface area contributed by atoms with Gasteiger partial charge in [-0.2, -0.15) is 0 Å². The number of hydrogen-bond acceptors (Lipinski definition) is 5. The van der Waals surface area contributed by atoms with Crippen molar-refractivity contribution in [2.45, 2.75) is 76.9 Å². The van der Waals surface area contributed by atoms with Crippen molar-refractivity contribution in [2.24, 2.45) is 10.8 Å². The van der Waals surface area contributed by atoms with Crippen LogP contribution in [0.1, 0.15) is 63.0 Å². The molecular formula is C22H29N3O3. The molecule has 2 heterocycles. The Balaban J connectivity index is 1.67. The molecular weight excluding hydrogens is 354 g/mol. The number of benzene rings is 1. The van der Waals surface area contributed by atoms with E-state index in [-0.39, 0.29) is 11.5 Å². The Kier molecular flexibility index (Phi) is 5.15. The van der Waals surface area contributed by atoms with Crippen molar-refractivity contribution < 1.29 is 13.9 Å². The molecule has 0 saturated heterocycles. The molecule has 2 aliphatic rings. The summed E-state index contributed by atoms with van der Waals surface area (Å²) in [7, 11) is 0. The highest BCUT2D eigenvalue weighted by molar-refractivity contribution is 5.83. The fourth-order valence-electron chi connectivity index (χ4n) is 4.32. The number of carbonyl (C=O) groups is 1. The molecule has 0 radical (unpaired) electrons. The molecule has 150 valence electrons. The fraction of sp³-hybridized carbons (Fsp3) is 0.545. The quantitative estimate of drug-likeness (QED) is 0.795. The molecule has 1 unspecified atom stereocenters. The van der Waals surface area contributed by atoms with Crippen LogP contribution in [0.4, 0.5) is 0 Å². The number of rotatable bonds is 3. The maximum atomic E-state index is 11.9. The van der Waals surface area contributed by atoms with E-state index in [1.165, 1.54) is 24.8 Å². The minimum absolute atomic E-state index is 0.000221. The van der Waals surface area contributed by atoms with Crippen LogP contribution in [0.3, 0.4) is 0 Å². The first-order valence-corrected chi connectivity index (χ1v) is 10.4. The number of hydrogen-bond donors (Lipinski definition) is 2. The second kappa shape index (κ2) is 7.59. The lowest BCUT2D eigenvalue weighted by atomic mass is 9.79. The maximum absolute atomic E-state index is 11.9. The van der Waals surface area contributed by atoms with Gasteiger partial charge >= 0.3 is 0 Å². The zero-order valence-corrected chi connectivity index (χ0v) is 16.7. The van der Waals surface area contributed by atoms with E-state index in [4.69, 9.17) is 14.9 Å². The number of nitrogens with one attached hydrogen (secondary N) is 1. The van der Waals surface area contributed by atoms with E-state index in [1.54, 1.807) is 0 Å². The van der Waals surface area contributed by atoms with Gasteiger partial charge in [-0.25, -0.2) is 5.43 Å². The molecule has 28 heavy (non-hydrogen) atoms. The lowest BCUT2D eigenvalue weighted by molar-refractivity contribution is -0.122. The summed E-state index contributed by atoms with van der Waals surface area (Å²) in [6.45, 7) is 3.88. The van der Waals surface area contributed by atoms with Gasteiger partial charge in [0, 0.05) is 17.5 Å². The number of carbonyl (C=O) groups excluding carboxylic acids is 1. The van der Waals surface area contributed by atoms with Crippen LogP contribution in [0, 0.1) is 6.92 Å². The molecule has 4 rings (SSSR count). The molecule has 1 saturated carbocycles. The number of fused-ring (bicyclic) bond motifs is 2. The zero-order chi connectivity index (χ0) is 19.7. The summed E-state index contributed by atoms with van der Waals surface area (Å²) >= 11 is 0.